The Morgan fingerprint density at radius 3 is 2.00 bits per heavy atom. The Bertz CT molecular complexity index is 587. The van der Waals surface area contributed by atoms with Gasteiger partial charge in [-0.2, -0.15) is 0 Å². The molecular weight excluding hydrogens is 240 g/mol. The van der Waals surface area contributed by atoms with Gasteiger partial charge >= 0.3 is 0 Å². The van der Waals surface area contributed by atoms with Gasteiger partial charge in [-0.3, -0.25) is 4.79 Å². The summed E-state index contributed by atoms with van der Waals surface area (Å²) in [6.07, 6.45) is 2.96. The molecule has 4 nitrogen and oxygen atoms in total. The Labute approximate surface area is 111 Å². The number of benzene rings is 2. The Hall–Kier alpha value is -2.75. The molecular formula is C15H14N2O2. The Kier molecular flexibility index (Phi) is 3.83. The molecule has 0 aliphatic rings. The highest BCUT2D eigenvalue weighted by molar-refractivity contribution is 5.90. The van der Waals surface area contributed by atoms with Crippen molar-refractivity contribution in [2.45, 2.75) is 0 Å². The number of rotatable bonds is 4. The molecule has 19 heavy (non-hydrogen) atoms. The Morgan fingerprint density at radius 1 is 0.947 bits per heavy atom. The van der Waals surface area contributed by atoms with Gasteiger partial charge in [0.2, 0.25) is 5.91 Å². The first-order valence-corrected chi connectivity index (χ1v) is 5.74. The smallest absolute Gasteiger partial charge is 0.241 e. The van der Waals surface area contributed by atoms with E-state index in [0.29, 0.717) is 11.4 Å². The van der Waals surface area contributed by atoms with Gasteiger partial charge in [-0.05, 0) is 48.0 Å². The number of anilines is 1. The molecule has 0 spiro atoms. The normalized spacial score (nSPS) is 10.5. The maximum absolute atomic E-state index is 10.6. The molecule has 2 aromatic carbocycles. The lowest BCUT2D eigenvalue weighted by Gasteiger charge is -2.06. The van der Waals surface area contributed by atoms with Gasteiger partial charge in [0.25, 0.3) is 0 Å². The molecule has 0 radical (unpaired) electrons. The quantitative estimate of drug-likeness (QED) is 0.650. The first-order chi connectivity index (χ1) is 9.13. The highest BCUT2D eigenvalue weighted by Gasteiger charge is 1.97. The zero-order valence-electron chi connectivity index (χ0n) is 10.2. The molecule has 0 saturated heterocycles. The molecule has 2 aromatic rings. The van der Waals surface area contributed by atoms with E-state index in [-0.39, 0.29) is 0 Å². The average Bonchev–Trinajstić information content (AvgIpc) is 2.40. The van der Waals surface area contributed by atoms with Crippen molar-refractivity contribution in [2.75, 3.05) is 5.73 Å². The van der Waals surface area contributed by atoms with Crippen LogP contribution in [0.5, 0.6) is 11.5 Å². The minimum absolute atomic E-state index is 0.470. The summed E-state index contributed by atoms with van der Waals surface area (Å²) in [6, 6.07) is 14.5. The van der Waals surface area contributed by atoms with Crippen molar-refractivity contribution in [1.29, 1.82) is 0 Å². The van der Waals surface area contributed by atoms with Gasteiger partial charge in [0, 0.05) is 11.8 Å². The minimum atomic E-state index is -0.470. The Morgan fingerprint density at radius 2 is 1.47 bits per heavy atom. The van der Waals surface area contributed by atoms with Gasteiger partial charge in [0.1, 0.15) is 11.5 Å². The number of ether oxygens (including phenoxy) is 1. The molecule has 0 atom stereocenters. The third-order valence-corrected chi connectivity index (χ3v) is 2.44. The van der Waals surface area contributed by atoms with Gasteiger partial charge in [-0.15, -0.1) is 0 Å². The molecule has 0 aliphatic carbocycles. The number of nitrogen functional groups attached to an aromatic ring is 1. The third kappa shape index (κ3) is 3.89. The third-order valence-electron chi connectivity index (χ3n) is 2.44. The summed E-state index contributed by atoms with van der Waals surface area (Å²) in [5.74, 6) is 0.956. The predicted octanol–water partition coefficient (Wildman–Crippen LogP) is 2.56. The highest BCUT2D eigenvalue weighted by Crippen LogP contribution is 2.22. The monoisotopic (exact) mass is 254 g/mol. The standard InChI is InChI=1S/C15H14N2O2/c16-12-4-8-14(9-5-12)19-13-6-1-11(2-7-13)3-10-15(17)18/h1-10H,16H2,(H2,17,18). The van der Waals surface area contributed by atoms with E-state index in [9.17, 15) is 4.79 Å². The van der Waals surface area contributed by atoms with E-state index in [4.69, 9.17) is 16.2 Å². The predicted molar refractivity (Wildman–Crippen MR) is 75.6 cm³/mol. The van der Waals surface area contributed by atoms with Crippen LogP contribution in [0.4, 0.5) is 5.69 Å². The van der Waals surface area contributed by atoms with E-state index >= 15 is 0 Å². The zero-order valence-corrected chi connectivity index (χ0v) is 10.2. The summed E-state index contributed by atoms with van der Waals surface area (Å²) < 4.78 is 5.64. The lowest BCUT2D eigenvalue weighted by Crippen LogP contribution is -2.04. The molecule has 0 unspecified atom stereocenters. The van der Waals surface area contributed by atoms with Crippen molar-refractivity contribution in [2.24, 2.45) is 5.73 Å². The maximum atomic E-state index is 10.6. The second kappa shape index (κ2) is 5.73. The van der Waals surface area contributed by atoms with Gasteiger partial charge in [0.05, 0.1) is 0 Å². The number of primary amides is 1. The molecule has 0 bridgehead atoms. The van der Waals surface area contributed by atoms with E-state index in [2.05, 4.69) is 0 Å². The first-order valence-electron chi connectivity index (χ1n) is 5.74. The van der Waals surface area contributed by atoms with Gasteiger partial charge in [0.15, 0.2) is 0 Å². The van der Waals surface area contributed by atoms with Crippen LogP contribution in [-0.2, 0) is 4.79 Å². The molecule has 0 aromatic heterocycles. The first kappa shape index (κ1) is 12.7. The molecule has 0 heterocycles. The van der Waals surface area contributed by atoms with Crippen LogP contribution in [0.25, 0.3) is 6.08 Å². The van der Waals surface area contributed by atoms with Crippen molar-refractivity contribution in [3.63, 3.8) is 0 Å². The fraction of sp³-hybridized carbons (Fsp3) is 0. The number of amides is 1. The van der Waals surface area contributed by atoms with E-state index in [1.807, 2.05) is 24.3 Å². The fourth-order valence-electron chi connectivity index (χ4n) is 1.50. The van der Waals surface area contributed by atoms with Crippen LogP contribution in [0, 0.1) is 0 Å². The van der Waals surface area contributed by atoms with E-state index < -0.39 is 5.91 Å². The van der Waals surface area contributed by atoms with Crippen molar-refractivity contribution < 1.29 is 9.53 Å². The minimum Gasteiger partial charge on any atom is -0.457 e. The van der Waals surface area contributed by atoms with Crippen LogP contribution in [-0.4, -0.2) is 5.91 Å². The number of hydrogen-bond donors (Lipinski definition) is 2. The number of carbonyl (C=O) groups is 1. The lowest BCUT2D eigenvalue weighted by molar-refractivity contribution is -0.113. The van der Waals surface area contributed by atoms with Crippen LogP contribution < -0.4 is 16.2 Å². The number of nitrogens with two attached hydrogens (primary N) is 2. The van der Waals surface area contributed by atoms with Crippen molar-refractivity contribution in [3.8, 4) is 11.5 Å². The van der Waals surface area contributed by atoms with E-state index in [1.165, 1.54) is 6.08 Å². The topological polar surface area (TPSA) is 78.3 Å². The van der Waals surface area contributed by atoms with Crippen LogP contribution in [0.1, 0.15) is 5.56 Å². The largest absolute Gasteiger partial charge is 0.457 e. The summed E-state index contributed by atoms with van der Waals surface area (Å²) in [5, 5.41) is 0. The maximum Gasteiger partial charge on any atom is 0.241 e. The summed E-state index contributed by atoms with van der Waals surface area (Å²) in [4.78, 5) is 10.6. The molecule has 4 N–H and O–H groups in total. The summed E-state index contributed by atoms with van der Waals surface area (Å²) >= 11 is 0. The molecule has 0 aliphatic heterocycles. The van der Waals surface area contributed by atoms with Crippen molar-refractivity contribution in [1.82, 2.24) is 0 Å². The molecule has 0 fully saturated rings. The van der Waals surface area contributed by atoms with E-state index in [1.54, 1.807) is 30.3 Å². The highest BCUT2D eigenvalue weighted by atomic mass is 16.5. The summed E-state index contributed by atoms with van der Waals surface area (Å²) in [6.45, 7) is 0. The van der Waals surface area contributed by atoms with Crippen LogP contribution >= 0.6 is 0 Å². The molecule has 4 heteroatoms. The van der Waals surface area contributed by atoms with Crippen LogP contribution in [0.15, 0.2) is 54.6 Å². The van der Waals surface area contributed by atoms with Crippen LogP contribution in [0.2, 0.25) is 0 Å². The van der Waals surface area contributed by atoms with E-state index in [0.717, 1.165) is 11.3 Å². The number of carbonyl (C=O) groups excluding carboxylic acids is 1. The fourth-order valence-corrected chi connectivity index (χ4v) is 1.50. The van der Waals surface area contributed by atoms with Crippen molar-refractivity contribution in [3.05, 3.63) is 60.2 Å². The van der Waals surface area contributed by atoms with Crippen molar-refractivity contribution >= 4 is 17.7 Å². The van der Waals surface area contributed by atoms with Gasteiger partial charge in [-0.25, -0.2) is 0 Å². The average molecular weight is 254 g/mol. The molecule has 2 rings (SSSR count). The zero-order chi connectivity index (χ0) is 13.7. The Balaban J connectivity index is 2.06. The molecule has 1 amide bonds. The SMILES string of the molecule is NC(=O)C=Cc1ccc(Oc2ccc(N)cc2)cc1. The molecule has 96 valence electrons. The molecule has 0 saturated carbocycles. The van der Waals surface area contributed by atoms with Gasteiger partial charge in [-0.1, -0.05) is 12.1 Å². The number of hydrogen-bond acceptors (Lipinski definition) is 3. The summed E-state index contributed by atoms with van der Waals surface area (Å²) in [7, 11) is 0. The lowest BCUT2D eigenvalue weighted by atomic mass is 10.2. The van der Waals surface area contributed by atoms with Crippen LogP contribution in [0.3, 0.4) is 0 Å². The summed E-state index contributed by atoms with van der Waals surface area (Å²) in [5.41, 5.74) is 12.2. The second-order valence-corrected chi connectivity index (χ2v) is 3.98. The van der Waals surface area contributed by atoms with Gasteiger partial charge < -0.3 is 16.2 Å². The second-order valence-electron chi connectivity index (χ2n) is 3.98.